The molecule has 3 amide bonds. The molecule has 1 aromatic heterocycles. The average molecular weight is 455 g/mol. The predicted octanol–water partition coefficient (Wildman–Crippen LogP) is 2.74. The molecule has 0 bridgehead atoms. The number of fused-ring (bicyclic) bond motifs is 1. The van der Waals surface area contributed by atoms with Crippen molar-refractivity contribution in [2.75, 3.05) is 13.1 Å². The van der Waals surface area contributed by atoms with Gasteiger partial charge in [0.1, 0.15) is 6.04 Å². The molecule has 2 aromatic rings. The molecule has 2 aliphatic heterocycles. The second-order valence-electron chi connectivity index (χ2n) is 9.94. The monoisotopic (exact) mass is 454 g/mol. The number of amides is 3. The van der Waals surface area contributed by atoms with E-state index in [1.807, 2.05) is 12.1 Å². The number of piperidine rings is 2. The van der Waals surface area contributed by atoms with Crippen LogP contribution in [0.4, 0.5) is 4.79 Å². The molecule has 3 aliphatic rings. The van der Waals surface area contributed by atoms with Gasteiger partial charge in [-0.25, -0.2) is 9.59 Å². The van der Waals surface area contributed by atoms with Crippen LogP contribution in [0.5, 0.6) is 0 Å². The number of likely N-dealkylation sites (tertiary alicyclic amines) is 1. The maximum atomic E-state index is 13.2. The normalized spacial score (nSPS) is 23.8. The molecule has 1 aromatic carbocycles. The van der Waals surface area contributed by atoms with Gasteiger partial charge in [-0.3, -0.25) is 24.0 Å². The lowest BCUT2D eigenvalue weighted by atomic mass is 9.64. The maximum absolute atomic E-state index is 13.2. The molecule has 1 spiro atoms. The Morgan fingerprint density at radius 3 is 2.39 bits per heavy atom. The lowest BCUT2D eigenvalue weighted by Crippen LogP contribution is -2.44. The molecular weight excluding hydrogens is 424 g/mol. The Morgan fingerprint density at radius 2 is 1.76 bits per heavy atom. The van der Waals surface area contributed by atoms with E-state index in [2.05, 4.69) is 11.4 Å². The van der Waals surface area contributed by atoms with Crippen LogP contribution in [-0.2, 0) is 16.6 Å². The zero-order valence-corrected chi connectivity index (χ0v) is 18.9. The van der Waals surface area contributed by atoms with E-state index in [0.29, 0.717) is 25.4 Å². The molecule has 3 fully saturated rings. The SMILES string of the molecule is Cn1c(=O)n(C2CCC(=O)NC2=O)c2cccc(C3CCC4(CC3)CCN(C(=O)O)CC4)c21. The van der Waals surface area contributed by atoms with Crippen molar-refractivity contribution in [2.24, 2.45) is 12.5 Å². The average Bonchev–Trinajstić information content (AvgIpc) is 3.05. The first-order valence-electron chi connectivity index (χ1n) is 11.8. The highest BCUT2D eigenvalue weighted by molar-refractivity contribution is 6.00. The summed E-state index contributed by atoms with van der Waals surface area (Å²) in [5, 5.41) is 11.6. The van der Waals surface area contributed by atoms with Crippen LogP contribution in [0.15, 0.2) is 23.0 Å². The van der Waals surface area contributed by atoms with Gasteiger partial charge in [-0.2, -0.15) is 0 Å². The molecule has 1 atom stereocenters. The van der Waals surface area contributed by atoms with Crippen molar-refractivity contribution in [1.29, 1.82) is 0 Å². The van der Waals surface area contributed by atoms with E-state index in [9.17, 15) is 24.3 Å². The molecule has 176 valence electrons. The van der Waals surface area contributed by atoms with Crippen LogP contribution in [-0.4, -0.2) is 50.1 Å². The predicted molar refractivity (Wildman–Crippen MR) is 121 cm³/mol. The molecule has 9 nitrogen and oxygen atoms in total. The molecule has 5 rings (SSSR count). The summed E-state index contributed by atoms with van der Waals surface area (Å²) in [4.78, 5) is 50.0. The highest BCUT2D eigenvalue weighted by atomic mass is 16.4. The number of carbonyl (C=O) groups is 3. The number of rotatable bonds is 2. The van der Waals surface area contributed by atoms with Crippen molar-refractivity contribution in [3.8, 4) is 0 Å². The second kappa shape index (κ2) is 8.04. The number of nitrogens with zero attached hydrogens (tertiary/aromatic N) is 3. The molecule has 2 N–H and O–H groups in total. The van der Waals surface area contributed by atoms with E-state index in [0.717, 1.165) is 55.1 Å². The molecule has 3 heterocycles. The minimum absolute atomic E-state index is 0.223. The van der Waals surface area contributed by atoms with E-state index in [1.54, 1.807) is 16.2 Å². The van der Waals surface area contributed by atoms with Crippen LogP contribution < -0.4 is 11.0 Å². The summed E-state index contributed by atoms with van der Waals surface area (Å²) in [7, 11) is 1.75. The summed E-state index contributed by atoms with van der Waals surface area (Å²) < 4.78 is 3.19. The summed E-state index contributed by atoms with van der Waals surface area (Å²) in [6.45, 7) is 1.22. The molecule has 1 unspecified atom stereocenters. The fourth-order valence-corrected chi connectivity index (χ4v) is 6.24. The third-order valence-corrected chi connectivity index (χ3v) is 8.24. The fourth-order valence-electron chi connectivity index (χ4n) is 6.24. The van der Waals surface area contributed by atoms with Crippen molar-refractivity contribution in [2.45, 2.75) is 63.3 Å². The molecule has 2 saturated heterocycles. The van der Waals surface area contributed by atoms with E-state index in [1.165, 1.54) is 4.90 Å². The number of imidazole rings is 1. The lowest BCUT2D eigenvalue weighted by molar-refractivity contribution is -0.135. The van der Waals surface area contributed by atoms with Crippen LogP contribution >= 0.6 is 0 Å². The topological polar surface area (TPSA) is 114 Å². The van der Waals surface area contributed by atoms with E-state index in [-0.39, 0.29) is 23.4 Å². The third kappa shape index (κ3) is 3.63. The summed E-state index contributed by atoms with van der Waals surface area (Å²) in [5.74, 6) is -0.394. The smallest absolute Gasteiger partial charge is 0.407 e. The van der Waals surface area contributed by atoms with Crippen molar-refractivity contribution in [3.05, 3.63) is 34.2 Å². The van der Waals surface area contributed by atoms with Crippen LogP contribution in [0.2, 0.25) is 0 Å². The number of hydrogen-bond acceptors (Lipinski definition) is 4. The van der Waals surface area contributed by atoms with Crippen molar-refractivity contribution >= 4 is 28.9 Å². The quantitative estimate of drug-likeness (QED) is 0.678. The van der Waals surface area contributed by atoms with Gasteiger partial charge >= 0.3 is 11.8 Å². The standard InChI is InChI=1S/C24H30N4O5/c1-26-20-16(15-7-9-24(10-8-15)11-13-27(14-12-24)23(32)33)3-2-4-17(20)28(22(26)31)18-5-6-19(29)25-21(18)30/h2-4,15,18H,5-14H2,1H3,(H,32,33)(H,25,29,30). The molecule has 9 heteroatoms. The van der Waals surface area contributed by atoms with Crippen LogP contribution in [0.1, 0.15) is 68.9 Å². The number of aromatic nitrogens is 2. The van der Waals surface area contributed by atoms with Crippen LogP contribution in [0, 0.1) is 5.41 Å². The molecule has 1 saturated carbocycles. The summed E-state index contributed by atoms with van der Waals surface area (Å²) >= 11 is 0. The highest BCUT2D eigenvalue weighted by Gasteiger charge is 2.40. The molecular formula is C24H30N4O5. The largest absolute Gasteiger partial charge is 0.465 e. The van der Waals surface area contributed by atoms with E-state index < -0.39 is 18.0 Å². The Hall–Kier alpha value is -3.10. The van der Waals surface area contributed by atoms with Crippen LogP contribution in [0.25, 0.3) is 11.0 Å². The van der Waals surface area contributed by atoms with Gasteiger partial charge < -0.3 is 10.0 Å². The number of aryl methyl sites for hydroxylation is 1. The Morgan fingerprint density at radius 1 is 1.06 bits per heavy atom. The van der Waals surface area contributed by atoms with Gasteiger partial charge in [0.2, 0.25) is 11.8 Å². The minimum Gasteiger partial charge on any atom is -0.465 e. The first-order valence-corrected chi connectivity index (χ1v) is 11.8. The second-order valence-corrected chi connectivity index (χ2v) is 9.94. The Bertz CT molecular complexity index is 1180. The van der Waals surface area contributed by atoms with Gasteiger partial charge in [-0.15, -0.1) is 0 Å². The Balaban J connectivity index is 1.41. The summed E-state index contributed by atoms with van der Waals surface area (Å²) in [6.07, 6.45) is 5.68. The first kappa shape index (κ1) is 21.7. The van der Waals surface area contributed by atoms with Gasteiger partial charge in [0.15, 0.2) is 0 Å². The highest BCUT2D eigenvalue weighted by Crippen LogP contribution is 2.49. The number of carboxylic acid groups (broad SMARTS) is 1. The zero-order valence-electron chi connectivity index (χ0n) is 18.9. The van der Waals surface area contributed by atoms with E-state index >= 15 is 0 Å². The fraction of sp³-hybridized carbons (Fsp3) is 0.583. The number of nitrogens with one attached hydrogen (secondary N) is 1. The first-order chi connectivity index (χ1) is 15.8. The Kier molecular flexibility index (Phi) is 5.29. The molecule has 0 radical (unpaired) electrons. The van der Waals surface area contributed by atoms with Gasteiger partial charge in [0, 0.05) is 26.6 Å². The van der Waals surface area contributed by atoms with Crippen LogP contribution in [0.3, 0.4) is 0 Å². The van der Waals surface area contributed by atoms with Crippen molar-refractivity contribution in [3.63, 3.8) is 0 Å². The molecule has 33 heavy (non-hydrogen) atoms. The van der Waals surface area contributed by atoms with Gasteiger partial charge in [-0.1, -0.05) is 12.1 Å². The number of carbonyl (C=O) groups excluding carboxylic acids is 2. The van der Waals surface area contributed by atoms with Crippen molar-refractivity contribution in [1.82, 2.24) is 19.4 Å². The minimum atomic E-state index is -0.827. The molecule has 1 aliphatic carbocycles. The maximum Gasteiger partial charge on any atom is 0.407 e. The number of para-hydroxylation sites is 1. The number of imide groups is 1. The zero-order chi connectivity index (χ0) is 23.3. The van der Waals surface area contributed by atoms with Gasteiger partial charge in [0.25, 0.3) is 0 Å². The lowest BCUT2D eigenvalue weighted by Gasteiger charge is -2.45. The van der Waals surface area contributed by atoms with E-state index in [4.69, 9.17) is 0 Å². The summed E-state index contributed by atoms with van der Waals surface area (Å²) in [6, 6.07) is 5.25. The third-order valence-electron chi connectivity index (χ3n) is 8.24. The summed E-state index contributed by atoms with van der Waals surface area (Å²) in [5.41, 5.74) is 2.73. The number of benzene rings is 1. The van der Waals surface area contributed by atoms with Crippen molar-refractivity contribution < 1.29 is 19.5 Å². The van der Waals surface area contributed by atoms with Gasteiger partial charge in [-0.05, 0) is 67.9 Å². The van der Waals surface area contributed by atoms with Gasteiger partial charge in [0.05, 0.1) is 11.0 Å². The Labute approximate surface area is 191 Å². The number of hydrogen-bond donors (Lipinski definition) is 2.